The van der Waals surface area contributed by atoms with E-state index in [4.69, 9.17) is 0 Å². The van der Waals surface area contributed by atoms with Gasteiger partial charge in [0.05, 0.1) is 11.5 Å². The Hall–Kier alpha value is -1.36. The molecule has 5 rings (SSSR count). The van der Waals surface area contributed by atoms with Crippen LogP contribution in [-0.4, -0.2) is 34.7 Å². The lowest BCUT2D eigenvalue weighted by Gasteiger charge is -2.72. The van der Waals surface area contributed by atoms with Gasteiger partial charge in [-0.2, -0.15) is 0 Å². The van der Waals surface area contributed by atoms with E-state index in [1.165, 1.54) is 24.8 Å². The standard InChI is InChI=1S/C32H51NO4/c1-19(2)20-10-15-32(27(37)33-18-25(35)36)17-16-30(6)21(26(20)32)8-9-23-29(5)13-12-24(34)28(3,4)22(29)11-14-31(23,30)7/h20-24,26,34H,1,8-18H2,2-7H3,(H,33,37)(H,35,36)/t20-,21+,22-,23?,24-,26+,29-,30+,31+,32-/m0/s1. The van der Waals surface area contributed by atoms with Gasteiger partial charge in [0, 0.05) is 0 Å². The number of carboxylic acids is 1. The Balaban J connectivity index is 1.53. The predicted octanol–water partition coefficient (Wildman–Crippen LogP) is 6.21. The number of nitrogens with one attached hydrogen (secondary N) is 1. The van der Waals surface area contributed by atoms with Crippen molar-refractivity contribution in [3.63, 3.8) is 0 Å². The Labute approximate surface area is 224 Å². The number of hydrogen-bond acceptors (Lipinski definition) is 3. The maximum Gasteiger partial charge on any atom is 0.322 e. The molecule has 37 heavy (non-hydrogen) atoms. The first-order valence-electron chi connectivity index (χ1n) is 15.0. The van der Waals surface area contributed by atoms with Crippen molar-refractivity contribution in [2.75, 3.05) is 6.54 Å². The molecule has 0 aromatic carbocycles. The number of hydrogen-bond donors (Lipinski definition) is 3. The number of carbonyl (C=O) groups excluding carboxylic acids is 1. The van der Waals surface area contributed by atoms with Crippen LogP contribution in [0.5, 0.6) is 0 Å². The van der Waals surface area contributed by atoms with Gasteiger partial charge in [-0.25, -0.2) is 0 Å². The molecule has 0 aromatic rings. The van der Waals surface area contributed by atoms with Crippen LogP contribution in [0.1, 0.15) is 106 Å². The van der Waals surface area contributed by atoms with Crippen LogP contribution in [0.25, 0.3) is 0 Å². The second kappa shape index (κ2) is 8.57. The molecule has 5 saturated carbocycles. The zero-order valence-electron chi connectivity index (χ0n) is 24.2. The molecule has 10 atom stereocenters. The molecule has 0 heterocycles. The summed E-state index contributed by atoms with van der Waals surface area (Å²) in [5.74, 6) is 1.18. The molecule has 0 spiro atoms. The molecule has 208 valence electrons. The van der Waals surface area contributed by atoms with Crippen LogP contribution in [0.3, 0.4) is 0 Å². The number of aliphatic hydroxyl groups excluding tert-OH is 1. The topological polar surface area (TPSA) is 86.6 Å². The van der Waals surface area contributed by atoms with Gasteiger partial charge in [-0.1, -0.05) is 46.8 Å². The minimum atomic E-state index is -0.977. The molecule has 1 unspecified atom stereocenters. The SMILES string of the molecule is C=C(C)[C@@H]1CC[C@]2(C(=O)NCC(=O)O)CC[C@]3(C)[C@H](CCC4[C@@]5(C)CC[C@H](O)C(C)(C)[C@@H]5CC[C@]43C)[C@@H]12. The molecule has 5 fully saturated rings. The fraction of sp³-hybridized carbons (Fsp3) is 0.875. The van der Waals surface area contributed by atoms with E-state index in [0.29, 0.717) is 23.7 Å². The lowest BCUT2D eigenvalue weighted by atomic mass is 9.32. The summed E-state index contributed by atoms with van der Waals surface area (Å²) in [6, 6.07) is 0. The van der Waals surface area contributed by atoms with E-state index in [9.17, 15) is 19.8 Å². The summed E-state index contributed by atoms with van der Waals surface area (Å²) in [4.78, 5) is 25.0. The Morgan fingerprint density at radius 2 is 1.57 bits per heavy atom. The Morgan fingerprint density at radius 3 is 2.22 bits per heavy atom. The van der Waals surface area contributed by atoms with Crippen molar-refractivity contribution in [2.24, 2.45) is 56.7 Å². The van der Waals surface area contributed by atoms with Crippen molar-refractivity contribution in [2.45, 2.75) is 112 Å². The zero-order valence-corrected chi connectivity index (χ0v) is 24.2. The second-order valence-electron chi connectivity index (χ2n) is 15.3. The van der Waals surface area contributed by atoms with Gasteiger partial charge in [-0.15, -0.1) is 0 Å². The van der Waals surface area contributed by atoms with Crippen LogP contribution < -0.4 is 5.32 Å². The minimum Gasteiger partial charge on any atom is -0.480 e. The second-order valence-corrected chi connectivity index (χ2v) is 15.3. The highest BCUT2D eigenvalue weighted by molar-refractivity contribution is 5.86. The molecule has 0 aliphatic heterocycles. The van der Waals surface area contributed by atoms with Gasteiger partial charge < -0.3 is 15.5 Å². The Kier molecular flexibility index (Phi) is 6.30. The van der Waals surface area contributed by atoms with Crippen molar-refractivity contribution in [3.05, 3.63) is 12.2 Å². The zero-order chi connectivity index (χ0) is 27.2. The van der Waals surface area contributed by atoms with E-state index in [1.807, 2.05) is 0 Å². The van der Waals surface area contributed by atoms with Crippen molar-refractivity contribution in [1.82, 2.24) is 5.32 Å². The average molecular weight is 514 g/mol. The summed E-state index contributed by atoms with van der Waals surface area (Å²) in [5.41, 5.74) is 1.25. The van der Waals surface area contributed by atoms with Gasteiger partial charge in [0.15, 0.2) is 0 Å². The maximum absolute atomic E-state index is 13.7. The minimum absolute atomic E-state index is 0.0309. The van der Waals surface area contributed by atoms with Crippen LogP contribution >= 0.6 is 0 Å². The monoisotopic (exact) mass is 513 g/mol. The van der Waals surface area contributed by atoms with E-state index in [-0.39, 0.29) is 46.1 Å². The number of aliphatic carboxylic acids is 1. The fourth-order valence-corrected chi connectivity index (χ4v) is 11.9. The molecular formula is C32H51NO4. The van der Waals surface area contributed by atoms with Gasteiger partial charge in [0.1, 0.15) is 6.54 Å². The van der Waals surface area contributed by atoms with Crippen LogP contribution in [0.15, 0.2) is 12.2 Å². The summed E-state index contributed by atoms with van der Waals surface area (Å²) < 4.78 is 0. The number of carboxylic acid groups (broad SMARTS) is 1. The smallest absolute Gasteiger partial charge is 0.322 e. The number of carbonyl (C=O) groups is 2. The lowest BCUT2D eigenvalue weighted by molar-refractivity contribution is -0.246. The van der Waals surface area contributed by atoms with Crippen LogP contribution in [0.4, 0.5) is 0 Å². The Bertz CT molecular complexity index is 989. The van der Waals surface area contributed by atoms with E-state index in [0.717, 1.165) is 44.9 Å². The quantitative estimate of drug-likeness (QED) is 0.390. The highest BCUT2D eigenvalue weighted by Gasteiger charge is 2.71. The van der Waals surface area contributed by atoms with Gasteiger partial charge >= 0.3 is 5.97 Å². The van der Waals surface area contributed by atoms with Crippen LogP contribution in [0, 0.1) is 56.7 Å². The first-order chi connectivity index (χ1) is 17.1. The number of rotatable bonds is 4. The van der Waals surface area contributed by atoms with Crippen molar-refractivity contribution < 1.29 is 19.8 Å². The predicted molar refractivity (Wildman–Crippen MR) is 146 cm³/mol. The highest BCUT2D eigenvalue weighted by atomic mass is 16.4. The van der Waals surface area contributed by atoms with Crippen LogP contribution in [-0.2, 0) is 9.59 Å². The first kappa shape index (κ1) is 27.2. The number of fused-ring (bicyclic) bond motifs is 7. The third-order valence-corrected chi connectivity index (χ3v) is 13.9. The molecule has 3 N–H and O–H groups in total. The van der Waals surface area contributed by atoms with E-state index in [2.05, 4.69) is 53.4 Å². The molecule has 0 aromatic heterocycles. The third-order valence-electron chi connectivity index (χ3n) is 13.9. The molecule has 0 bridgehead atoms. The summed E-state index contributed by atoms with van der Waals surface area (Å²) in [6.45, 7) is 18.5. The van der Waals surface area contributed by atoms with Gasteiger partial charge in [0.2, 0.25) is 5.91 Å². The molecule has 0 radical (unpaired) electrons. The molecule has 5 aliphatic carbocycles. The summed E-state index contributed by atoms with van der Waals surface area (Å²) >= 11 is 0. The third kappa shape index (κ3) is 3.50. The van der Waals surface area contributed by atoms with Gasteiger partial charge in [-0.05, 0) is 122 Å². The van der Waals surface area contributed by atoms with E-state index < -0.39 is 11.4 Å². The summed E-state index contributed by atoms with van der Waals surface area (Å²) in [6.07, 6.45) is 10.2. The molecular weight excluding hydrogens is 462 g/mol. The van der Waals surface area contributed by atoms with Crippen molar-refractivity contribution in [1.29, 1.82) is 0 Å². The maximum atomic E-state index is 13.7. The lowest BCUT2D eigenvalue weighted by Crippen LogP contribution is -2.67. The van der Waals surface area contributed by atoms with E-state index in [1.54, 1.807) is 0 Å². The number of aliphatic hydroxyl groups is 1. The molecule has 5 aliphatic rings. The number of allylic oxidation sites excluding steroid dienone is 1. The molecule has 5 heteroatoms. The summed E-state index contributed by atoms with van der Waals surface area (Å²) in [7, 11) is 0. The van der Waals surface area contributed by atoms with Gasteiger partial charge in [-0.3, -0.25) is 9.59 Å². The Morgan fingerprint density at radius 1 is 0.865 bits per heavy atom. The molecule has 1 amide bonds. The number of amides is 1. The molecule has 5 nitrogen and oxygen atoms in total. The average Bonchev–Trinajstić information content (AvgIpc) is 3.22. The van der Waals surface area contributed by atoms with Gasteiger partial charge in [0.25, 0.3) is 0 Å². The van der Waals surface area contributed by atoms with E-state index >= 15 is 0 Å². The fourth-order valence-electron chi connectivity index (χ4n) is 11.9. The van der Waals surface area contributed by atoms with Crippen molar-refractivity contribution >= 4 is 11.9 Å². The first-order valence-corrected chi connectivity index (χ1v) is 15.0. The van der Waals surface area contributed by atoms with Crippen molar-refractivity contribution in [3.8, 4) is 0 Å². The largest absolute Gasteiger partial charge is 0.480 e. The summed E-state index contributed by atoms with van der Waals surface area (Å²) in [5, 5.41) is 23.0. The molecule has 0 saturated heterocycles. The van der Waals surface area contributed by atoms with Crippen LogP contribution in [0.2, 0.25) is 0 Å². The highest BCUT2D eigenvalue weighted by Crippen LogP contribution is 2.77. The normalized spacial score (nSPS) is 50.1.